The highest BCUT2D eigenvalue weighted by molar-refractivity contribution is 6.67. The van der Waals surface area contributed by atoms with Crippen molar-refractivity contribution in [1.82, 2.24) is 0 Å². The van der Waals surface area contributed by atoms with Crippen LogP contribution in [0, 0.1) is 11.8 Å². The molecular weight excluding hydrogens is 332 g/mol. The smallest absolute Gasteiger partial charge is 0.338 e. The second kappa shape index (κ2) is 7.97. The monoisotopic (exact) mass is 368 g/mol. The van der Waals surface area contributed by atoms with Gasteiger partial charge in [-0.2, -0.15) is 0 Å². The van der Waals surface area contributed by atoms with Gasteiger partial charge in [0.15, 0.2) is 0 Å². The highest BCUT2D eigenvalue weighted by Gasteiger charge is 2.47. The molecule has 144 valence electrons. The Bertz CT molecular complexity index is 405. The maximum atomic E-state index is 6.38. The Morgan fingerprint density at radius 2 is 1.20 bits per heavy atom. The minimum absolute atomic E-state index is 0.586. The number of ether oxygens (including phenoxy) is 2. The van der Waals surface area contributed by atoms with Crippen molar-refractivity contribution in [3.63, 3.8) is 0 Å². The first-order valence-electron chi connectivity index (χ1n) is 10.8. The van der Waals surface area contributed by atoms with Crippen LogP contribution in [0.2, 0.25) is 12.1 Å². The molecule has 2 saturated heterocycles. The third-order valence-electron chi connectivity index (χ3n) is 6.91. The molecule has 4 rings (SSSR count). The van der Waals surface area contributed by atoms with E-state index < -0.39 is 8.56 Å². The molecule has 2 saturated carbocycles. The summed E-state index contributed by atoms with van der Waals surface area (Å²) >= 11 is 0. The van der Waals surface area contributed by atoms with E-state index in [9.17, 15) is 0 Å². The fraction of sp³-hybridized carbons (Fsp3) is 1.00. The van der Waals surface area contributed by atoms with E-state index in [1.54, 1.807) is 0 Å². The van der Waals surface area contributed by atoms with Crippen LogP contribution in [0.15, 0.2) is 0 Å². The van der Waals surface area contributed by atoms with E-state index in [4.69, 9.17) is 18.3 Å². The van der Waals surface area contributed by atoms with E-state index >= 15 is 0 Å². The highest BCUT2D eigenvalue weighted by Crippen LogP contribution is 2.44. The van der Waals surface area contributed by atoms with Gasteiger partial charge in [0, 0.05) is 13.2 Å². The van der Waals surface area contributed by atoms with Crippen LogP contribution in [0.1, 0.15) is 65.2 Å². The molecule has 6 atom stereocenters. The maximum absolute atomic E-state index is 6.38. The molecule has 2 aliphatic carbocycles. The zero-order valence-corrected chi connectivity index (χ0v) is 17.1. The molecule has 0 aromatic heterocycles. The fourth-order valence-corrected chi connectivity index (χ4v) is 8.99. The lowest BCUT2D eigenvalue weighted by molar-refractivity contribution is 0.174. The molecule has 0 spiro atoms. The lowest BCUT2D eigenvalue weighted by Crippen LogP contribution is -2.43. The molecule has 25 heavy (non-hydrogen) atoms. The van der Waals surface area contributed by atoms with Gasteiger partial charge >= 0.3 is 8.56 Å². The average molecular weight is 369 g/mol. The lowest BCUT2D eigenvalue weighted by Gasteiger charge is -2.33. The first-order valence-corrected chi connectivity index (χ1v) is 13.0. The van der Waals surface area contributed by atoms with Gasteiger partial charge in [-0.15, -0.1) is 0 Å². The van der Waals surface area contributed by atoms with Crippen molar-refractivity contribution in [2.24, 2.45) is 11.8 Å². The molecule has 0 amide bonds. The number of hydrogen-bond donors (Lipinski definition) is 0. The summed E-state index contributed by atoms with van der Waals surface area (Å²) in [7, 11) is -2.06. The molecule has 4 fully saturated rings. The lowest BCUT2D eigenvalue weighted by atomic mass is 9.87. The molecule has 4 nitrogen and oxygen atoms in total. The van der Waals surface area contributed by atoms with E-state index in [1.165, 1.54) is 63.5 Å². The van der Waals surface area contributed by atoms with E-state index in [-0.39, 0.29) is 0 Å². The van der Waals surface area contributed by atoms with Crippen molar-refractivity contribution in [2.75, 3.05) is 13.2 Å². The van der Waals surface area contributed by atoms with Gasteiger partial charge in [0.05, 0.1) is 24.4 Å². The first kappa shape index (κ1) is 18.4. The Labute approximate surface area is 154 Å². The van der Waals surface area contributed by atoms with Crippen LogP contribution in [0.4, 0.5) is 0 Å². The Kier molecular flexibility index (Phi) is 5.87. The van der Waals surface area contributed by atoms with Crippen LogP contribution >= 0.6 is 0 Å². The molecule has 0 aromatic rings. The summed E-state index contributed by atoms with van der Waals surface area (Å²) in [4.78, 5) is 0. The Morgan fingerprint density at radius 3 is 1.60 bits per heavy atom. The molecular formula is C20H36O4Si. The molecule has 2 heterocycles. The van der Waals surface area contributed by atoms with Crippen LogP contribution in [0.3, 0.4) is 0 Å². The summed E-state index contributed by atoms with van der Waals surface area (Å²) in [5.41, 5.74) is 0. The Balaban J connectivity index is 1.29. The van der Waals surface area contributed by atoms with E-state index in [1.807, 2.05) is 0 Å². The van der Waals surface area contributed by atoms with E-state index in [0.717, 1.165) is 25.0 Å². The molecule has 0 N–H and O–H groups in total. The Hall–Kier alpha value is 0.0569. The van der Waals surface area contributed by atoms with Gasteiger partial charge in [0.2, 0.25) is 0 Å². The Morgan fingerprint density at radius 1 is 0.720 bits per heavy atom. The van der Waals surface area contributed by atoms with Crippen molar-refractivity contribution in [2.45, 2.75) is 102 Å². The van der Waals surface area contributed by atoms with E-state index in [0.29, 0.717) is 24.4 Å². The van der Waals surface area contributed by atoms with Gasteiger partial charge in [0.1, 0.15) is 0 Å². The topological polar surface area (TPSA) is 43.5 Å². The van der Waals surface area contributed by atoms with Crippen LogP contribution < -0.4 is 0 Å². The van der Waals surface area contributed by atoms with Crippen LogP contribution in [0.25, 0.3) is 0 Å². The summed E-state index contributed by atoms with van der Waals surface area (Å²) in [6.07, 6.45) is 12.7. The zero-order valence-electron chi connectivity index (χ0n) is 16.1. The third kappa shape index (κ3) is 4.67. The molecule has 2 aliphatic heterocycles. The number of hydrogen-bond acceptors (Lipinski definition) is 4. The summed E-state index contributed by atoms with van der Waals surface area (Å²) in [6.45, 7) is 5.85. The molecule has 4 aliphatic rings. The predicted molar refractivity (Wildman–Crippen MR) is 99.9 cm³/mol. The van der Waals surface area contributed by atoms with Gasteiger partial charge < -0.3 is 18.3 Å². The molecule has 5 heteroatoms. The molecule has 6 unspecified atom stereocenters. The number of fused-ring (bicyclic) bond motifs is 2. The van der Waals surface area contributed by atoms with Gasteiger partial charge in [0.25, 0.3) is 0 Å². The van der Waals surface area contributed by atoms with Gasteiger partial charge in [-0.3, -0.25) is 0 Å². The first-order chi connectivity index (χ1) is 12.2. The standard InChI is InChI=1S/C20H36O4Si/c1-3-21-25(22-4-2,11-9-15-5-7-17-19(13-15)23-17)12-10-16-6-8-18-20(14-16)24-18/h15-20H,3-14H2,1-2H3. The molecule has 0 radical (unpaired) electrons. The highest BCUT2D eigenvalue weighted by atomic mass is 28.4. The van der Waals surface area contributed by atoms with Gasteiger partial charge in [-0.05, 0) is 89.1 Å². The molecule has 0 bridgehead atoms. The largest absolute Gasteiger partial charge is 0.394 e. The SMILES string of the molecule is CCO[Si](CCC1CCC2OC2C1)(CCC1CCC2OC2C1)OCC. The van der Waals surface area contributed by atoms with Crippen molar-refractivity contribution in [3.05, 3.63) is 0 Å². The quantitative estimate of drug-likeness (QED) is 0.423. The van der Waals surface area contributed by atoms with Gasteiger partial charge in [-0.25, -0.2) is 0 Å². The van der Waals surface area contributed by atoms with E-state index in [2.05, 4.69) is 13.8 Å². The molecule has 0 aromatic carbocycles. The van der Waals surface area contributed by atoms with Crippen LogP contribution in [-0.2, 0) is 18.3 Å². The van der Waals surface area contributed by atoms with Gasteiger partial charge in [-0.1, -0.05) is 0 Å². The van der Waals surface area contributed by atoms with Crippen LogP contribution in [0.5, 0.6) is 0 Å². The summed E-state index contributed by atoms with van der Waals surface area (Å²) in [5.74, 6) is 1.65. The predicted octanol–water partition coefficient (Wildman–Crippen LogP) is 4.42. The fourth-order valence-electron chi connectivity index (χ4n) is 5.33. The third-order valence-corrected chi connectivity index (χ3v) is 10.6. The van der Waals surface area contributed by atoms with Crippen molar-refractivity contribution in [1.29, 1.82) is 0 Å². The summed E-state index contributed by atoms with van der Waals surface area (Å²) < 4.78 is 24.2. The minimum Gasteiger partial charge on any atom is -0.394 e. The average Bonchev–Trinajstić information content (AvgIpc) is 3.52. The normalized spacial score (nSPS) is 39.6. The zero-order chi connectivity index (χ0) is 17.3. The second-order valence-corrected chi connectivity index (χ2v) is 12.0. The number of epoxide rings is 2. The maximum Gasteiger partial charge on any atom is 0.338 e. The van der Waals surface area contributed by atoms with Crippen LogP contribution in [-0.4, -0.2) is 46.2 Å². The number of rotatable bonds is 10. The minimum atomic E-state index is -2.06. The summed E-state index contributed by atoms with van der Waals surface area (Å²) in [5, 5.41) is 0. The second-order valence-electron chi connectivity index (χ2n) is 8.64. The van der Waals surface area contributed by atoms with Crippen molar-refractivity contribution >= 4 is 8.56 Å². The van der Waals surface area contributed by atoms with Crippen molar-refractivity contribution in [3.8, 4) is 0 Å². The summed E-state index contributed by atoms with van der Waals surface area (Å²) in [6, 6.07) is 2.35. The van der Waals surface area contributed by atoms with Crippen molar-refractivity contribution < 1.29 is 18.3 Å².